The van der Waals surface area contributed by atoms with Gasteiger partial charge in [0.25, 0.3) is 0 Å². The van der Waals surface area contributed by atoms with Gasteiger partial charge in [-0.25, -0.2) is 0 Å². The van der Waals surface area contributed by atoms with Crippen molar-refractivity contribution in [3.05, 3.63) is 48.5 Å². The normalized spacial score (nSPS) is 16.9. The predicted molar refractivity (Wildman–Crippen MR) is 100 cm³/mol. The molecule has 0 aromatic heterocycles. The van der Waals surface area contributed by atoms with Crippen LogP contribution < -0.4 is 15.0 Å². The maximum absolute atomic E-state index is 12.7. The molecule has 5 nitrogen and oxygen atoms in total. The van der Waals surface area contributed by atoms with E-state index in [2.05, 4.69) is 10.1 Å². The third-order valence-corrected chi connectivity index (χ3v) is 4.95. The Labute approximate surface area is 163 Å². The Morgan fingerprint density at radius 2 is 1.96 bits per heavy atom. The van der Waals surface area contributed by atoms with Crippen molar-refractivity contribution in [1.82, 2.24) is 0 Å². The molecule has 0 saturated carbocycles. The Balaban J connectivity index is 1.70. The number of amides is 2. The van der Waals surface area contributed by atoms with Gasteiger partial charge in [0.05, 0.1) is 0 Å². The molecule has 0 spiro atoms. The van der Waals surface area contributed by atoms with E-state index in [-0.39, 0.29) is 18.7 Å². The standard InChI is InChI=1S/C19H17F3N2O3S/c1-28-15-7-2-4-12(10-15)23-17(25)16-8-9-24(18(16)26)13-5-3-6-14(11-13)27-19(20,21)22/h2-7,10-11,16H,8-9H2,1H3,(H,23,25). The topological polar surface area (TPSA) is 58.6 Å². The lowest BCUT2D eigenvalue weighted by atomic mass is 10.1. The van der Waals surface area contributed by atoms with Gasteiger partial charge < -0.3 is 15.0 Å². The molecule has 0 aliphatic carbocycles. The fourth-order valence-corrected chi connectivity index (χ4v) is 3.42. The summed E-state index contributed by atoms with van der Waals surface area (Å²) in [6.07, 6.45) is -2.63. The van der Waals surface area contributed by atoms with Crippen LogP contribution in [0.1, 0.15) is 6.42 Å². The molecule has 1 aliphatic heterocycles. The zero-order valence-electron chi connectivity index (χ0n) is 14.8. The molecule has 0 bridgehead atoms. The maximum Gasteiger partial charge on any atom is 0.573 e. The van der Waals surface area contributed by atoms with Crippen molar-refractivity contribution in [2.24, 2.45) is 5.92 Å². The van der Waals surface area contributed by atoms with E-state index in [0.717, 1.165) is 17.0 Å². The molecule has 9 heteroatoms. The molecule has 3 rings (SSSR count). The summed E-state index contributed by atoms with van der Waals surface area (Å²) < 4.78 is 41.1. The molecule has 1 saturated heterocycles. The lowest BCUT2D eigenvalue weighted by Crippen LogP contribution is -2.33. The molecular formula is C19H17F3N2O3S. The number of alkyl halides is 3. The molecule has 1 aliphatic rings. The number of carbonyl (C=O) groups is 2. The fraction of sp³-hybridized carbons (Fsp3) is 0.263. The van der Waals surface area contributed by atoms with Crippen LogP contribution in [0.15, 0.2) is 53.4 Å². The lowest BCUT2D eigenvalue weighted by molar-refractivity contribution is -0.274. The van der Waals surface area contributed by atoms with Crippen LogP contribution in [0.5, 0.6) is 5.75 Å². The van der Waals surface area contributed by atoms with Crippen molar-refractivity contribution in [2.45, 2.75) is 17.7 Å². The van der Waals surface area contributed by atoms with E-state index in [1.807, 2.05) is 12.3 Å². The monoisotopic (exact) mass is 410 g/mol. The smallest absolute Gasteiger partial charge is 0.406 e. The Hall–Kier alpha value is -2.68. The number of ether oxygens (including phenoxy) is 1. The molecule has 2 amide bonds. The minimum atomic E-state index is -4.82. The van der Waals surface area contributed by atoms with Gasteiger partial charge in [-0.2, -0.15) is 0 Å². The fourth-order valence-electron chi connectivity index (χ4n) is 2.96. The highest BCUT2D eigenvalue weighted by molar-refractivity contribution is 7.98. The SMILES string of the molecule is CSc1cccc(NC(=O)C2CCN(c3cccc(OC(F)(F)F)c3)C2=O)c1. The van der Waals surface area contributed by atoms with Crippen molar-refractivity contribution < 1.29 is 27.5 Å². The van der Waals surface area contributed by atoms with Gasteiger partial charge in [-0.15, -0.1) is 24.9 Å². The first-order valence-corrected chi connectivity index (χ1v) is 9.61. The second kappa shape index (κ2) is 8.14. The summed E-state index contributed by atoms with van der Waals surface area (Å²) in [4.78, 5) is 27.4. The summed E-state index contributed by atoms with van der Waals surface area (Å²) >= 11 is 1.53. The summed E-state index contributed by atoms with van der Waals surface area (Å²) in [5.74, 6) is -2.21. The largest absolute Gasteiger partial charge is 0.573 e. The van der Waals surface area contributed by atoms with Crippen molar-refractivity contribution in [3.63, 3.8) is 0 Å². The molecule has 0 radical (unpaired) electrons. The first kappa shape index (κ1) is 20.1. The van der Waals surface area contributed by atoms with Crippen LogP contribution in [-0.4, -0.2) is 31.0 Å². The molecule has 1 N–H and O–H groups in total. The number of halogens is 3. The Kier molecular flexibility index (Phi) is 5.83. The molecule has 1 unspecified atom stereocenters. The first-order valence-electron chi connectivity index (χ1n) is 8.39. The van der Waals surface area contributed by atoms with Gasteiger partial charge in [-0.3, -0.25) is 9.59 Å². The highest BCUT2D eigenvalue weighted by Gasteiger charge is 2.38. The van der Waals surface area contributed by atoms with Crippen LogP contribution in [0, 0.1) is 5.92 Å². The van der Waals surface area contributed by atoms with E-state index in [4.69, 9.17) is 0 Å². The average Bonchev–Trinajstić information content (AvgIpc) is 3.02. The zero-order chi connectivity index (χ0) is 20.3. The van der Waals surface area contributed by atoms with Crippen LogP contribution in [0.4, 0.5) is 24.5 Å². The van der Waals surface area contributed by atoms with E-state index in [1.165, 1.54) is 28.8 Å². The number of hydrogen-bond donors (Lipinski definition) is 1. The van der Waals surface area contributed by atoms with Gasteiger partial charge in [0.1, 0.15) is 11.7 Å². The number of thioether (sulfide) groups is 1. The number of hydrogen-bond acceptors (Lipinski definition) is 4. The predicted octanol–water partition coefficient (Wildman–Crippen LogP) is 4.30. The van der Waals surface area contributed by atoms with E-state index in [1.54, 1.807) is 18.2 Å². The number of anilines is 2. The van der Waals surface area contributed by atoms with Crippen LogP contribution in [0.2, 0.25) is 0 Å². The maximum atomic E-state index is 12.7. The third kappa shape index (κ3) is 4.78. The molecule has 28 heavy (non-hydrogen) atoms. The summed E-state index contributed by atoms with van der Waals surface area (Å²) in [7, 11) is 0. The number of nitrogens with one attached hydrogen (secondary N) is 1. The van der Waals surface area contributed by atoms with E-state index >= 15 is 0 Å². The third-order valence-electron chi connectivity index (χ3n) is 4.22. The minimum absolute atomic E-state index is 0.233. The van der Waals surface area contributed by atoms with Crippen molar-refractivity contribution in [2.75, 3.05) is 23.0 Å². The Bertz CT molecular complexity index is 889. The average molecular weight is 410 g/mol. The van der Waals surface area contributed by atoms with E-state index in [9.17, 15) is 22.8 Å². The number of benzene rings is 2. The van der Waals surface area contributed by atoms with Gasteiger partial charge in [0, 0.05) is 28.9 Å². The van der Waals surface area contributed by atoms with E-state index < -0.39 is 29.8 Å². The van der Waals surface area contributed by atoms with Crippen LogP contribution in [-0.2, 0) is 9.59 Å². The van der Waals surface area contributed by atoms with Crippen LogP contribution in [0.25, 0.3) is 0 Å². The van der Waals surface area contributed by atoms with Crippen molar-refractivity contribution >= 4 is 35.0 Å². The summed E-state index contributed by atoms with van der Waals surface area (Å²) in [6, 6.07) is 12.4. The van der Waals surface area contributed by atoms with Gasteiger partial charge in [-0.05, 0) is 43.0 Å². The lowest BCUT2D eigenvalue weighted by Gasteiger charge is -2.18. The Morgan fingerprint density at radius 3 is 2.68 bits per heavy atom. The Morgan fingerprint density at radius 1 is 1.21 bits per heavy atom. The van der Waals surface area contributed by atoms with Gasteiger partial charge >= 0.3 is 6.36 Å². The molecule has 1 atom stereocenters. The number of nitrogens with zero attached hydrogens (tertiary/aromatic N) is 1. The summed E-state index contributed by atoms with van der Waals surface area (Å²) in [6.45, 7) is 0.233. The van der Waals surface area contributed by atoms with Crippen LogP contribution in [0.3, 0.4) is 0 Å². The van der Waals surface area contributed by atoms with Gasteiger partial charge in [0.15, 0.2) is 0 Å². The molecule has 1 heterocycles. The highest BCUT2D eigenvalue weighted by atomic mass is 32.2. The summed E-state index contributed by atoms with van der Waals surface area (Å²) in [5.41, 5.74) is 0.843. The van der Waals surface area contributed by atoms with Gasteiger partial charge in [-0.1, -0.05) is 12.1 Å². The van der Waals surface area contributed by atoms with Crippen molar-refractivity contribution in [3.8, 4) is 5.75 Å². The molecular weight excluding hydrogens is 393 g/mol. The molecule has 148 valence electrons. The minimum Gasteiger partial charge on any atom is -0.406 e. The number of carbonyl (C=O) groups excluding carboxylic acids is 2. The van der Waals surface area contributed by atoms with Crippen molar-refractivity contribution in [1.29, 1.82) is 0 Å². The molecule has 2 aromatic rings. The summed E-state index contributed by atoms with van der Waals surface area (Å²) in [5, 5.41) is 2.73. The second-order valence-electron chi connectivity index (χ2n) is 6.10. The van der Waals surface area contributed by atoms with Gasteiger partial charge in [0.2, 0.25) is 11.8 Å². The molecule has 1 fully saturated rings. The van der Waals surface area contributed by atoms with Crippen LogP contribution >= 0.6 is 11.8 Å². The molecule has 2 aromatic carbocycles. The zero-order valence-corrected chi connectivity index (χ0v) is 15.6. The number of rotatable bonds is 5. The quantitative estimate of drug-likeness (QED) is 0.590. The second-order valence-corrected chi connectivity index (χ2v) is 6.98. The first-order chi connectivity index (χ1) is 13.3. The van der Waals surface area contributed by atoms with E-state index in [0.29, 0.717) is 5.69 Å². The highest BCUT2D eigenvalue weighted by Crippen LogP contribution is 2.31.